The van der Waals surface area contributed by atoms with Gasteiger partial charge in [-0.3, -0.25) is 8.89 Å². The lowest BCUT2D eigenvalue weighted by molar-refractivity contribution is 0.426. The molecular formula is C16H23N3OS. The van der Waals surface area contributed by atoms with Crippen molar-refractivity contribution in [2.45, 2.75) is 50.3 Å². The van der Waals surface area contributed by atoms with Crippen LogP contribution in [0.5, 0.6) is 0 Å². The molecule has 0 saturated heterocycles. The lowest BCUT2D eigenvalue weighted by atomic mass is 10.2. The Balaban J connectivity index is 2.15. The van der Waals surface area contributed by atoms with Gasteiger partial charge >= 0.3 is 0 Å². The number of aromatic nitrogens is 2. The highest BCUT2D eigenvalue weighted by molar-refractivity contribution is 7.84. The Labute approximate surface area is 128 Å². The molecule has 5 heteroatoms. The second kappa shape index (κ2) is 6.89. The second-order valence-electron chi connectivity index (χ2n) is 5.29. The van der Waals surface area contributed by atoms with Gasteiger partial charge in [0.05, 0.1) is 33.2 Å². The molecule has 4 nitrogen and oxygen atoms in total. The minimum absolute atomic E-state index is 0.404. The monoisotopic (exact) mass is 305 g/mol. The molecule has 0 aliphatic carbocycles. The molecule has 0 spiro atoms. The maximum absolute atomic E-state index is 12.5. The summed E-state index contributed by atoms with van der Waals surface area (Å²) in [5.41, 5.74) is 8.42. The molecule has 0 amide bonds. The number of anilines is 1. The van der Waals surface area contributed by atoms with Gasteiger partial charge in [0, 0.05) is 11.9 Å². The molecule has 0 aliphatic heterocycles. The summed E-state index contributed by atoms with van der Waals surface area (Å²) in [4.78, 5) is 0.701. The zero-order valence-corrected chi connectivity index (χ0v) is 13.7. The summed E-state index contributed by atoms with van der Waals surface area (Å²) in [6, 6.07) is 7.99. The third kappa shape index (κ3) is 3.73. The van der Waals surface area contributed by atoms with E-state index < -0.39 is 10.8 Å². The summed E-state index contributed by atoms with van der Waals surface area (Å²) in [7, 11) is -1.16. The predicted molar refractivity (Wildman–Crippen MR) is 87.5 cm³/mol. The highest BCUT2D eigenvalue weighted by Crippen LogP contribution is 2.21. The molecule has 1 aromatic heterocycles. The summed E-state index contributed by atoms with van der Waals surface area (Å²) in [5, 5.41) is 4.55. The highest BCUT2D eigenvalue weighted by Gasteiger charge is 2.13. The molecular weight excluding hydrogens is 282 g/mol. The first kappa shape index (κ1) is 15.8. The normalized spacial score (nSPS) is 12.8. The Morgan fingerprint density at radius 2 is 2.00 bits per heavy atom. The molecule has 2 aromatic rings. The lowest BCUT2D eigenvalue weighted by Gasteiger charge is -2.12. The first-order valence-corrected chi connectivity index (χ1v) is 8.65. The quantitative estimate of drug-likeness (QED) is 0.832. The third-order valence-corrected chi connectivity index (χ3v) is 5.08. The fourth-order valence-corrected chi connectivity index (χ4v) is 3.60. The van der Waals surface area contributed by atoms with Crippen LogP contribution in [0.4, 0.5) is 5.69 Å². The first-order chi connectivity index (χ1) is 10.0. The molecule has 0 radical (unpaired) electrons. The average molecular weight is 305 g/mol. The fraction of sp³-hybridized carbons (Fsp3) is 0.438. The number of benzene rings is 1. The van der Waals surface area contributed by atoms with E-state index in [-0.39, 0.29) is 0 Å². The van der Waals surface area contributed by atoms with Gasteiger partial charge in [-0.1, -0.05) is 19.9 Å². The van der Waals surface area contributed by atoms with Gasteiger partial charge < -0.3 is 5.73 Å². The van der Waals surface area contributed by atoms with E-state index >= 15 is 0 Å². The largest absolute Gasteiger partial charge is 0.398 e. The molecule has 1 heterocycles. The Bertz CT molecular complexity index is 632. The van der Waals surface area contributed by atoms with Crippen LogP contribution in [0.3, 0.4) is 0 Å². The van der Waals surface area contributed by atoms with Gasteiger partial charge in [-0.05, 0) is 43.5 Å². The Morgan fingerprint density at radius 3 is 2.67 bits per heavy atom. The van der Waals surface area contributed by atoms with E-state index in [1.165, 1.54) is 0 Å². The number of hydrogen-bond donors (Lipinski definition) is 1. The average Bonchev–Trinajstić information content (AvgIpc) is 2.91. The van der Waals surface area contributed by atoms with Crippen molar-refractivity contribution in [3.63, 3.8) is 0 Å². The van der Waals surface area contributed by atoms with Gasteiger partial charge in [0.15, 0.2) is 0 Å². The molecule has 1 aromatic carbocycles. The van der Waals surface area contributed by atoms with Gasteiger partial charge in [0.1, 0.15) is 0 Å². The fourth-order valence-electron chi connectivity index (χ4n) is 2.37. The molecule has 2 rings (SSSR count). The molecule has 114 valence electrons. The summed E-state index contributed by atoms with van der Waals surface area (Å²) >= 11 is 0. The van der Waals surface area contributed by atoms with Crippen molar-refractivity contribution in [3.05, 3.63) is 41.7 Å². The van der Waals surface area contributed by atoms with Crippen molar-refractivity contribution in [2.24, 2.45) is 0 Å². The van der Waals surface area contributed by atoms with E-state index in [0.717, 1.165) is 24.1 Å². The Hall–Kier alpha value is -1.62. The van der Waals surface area contributed by atoms with Crippen LogP contribution in [-0.2, 0) is 16.6 Å². The minimum Gasteiger partial charge on any atom is -0.398 e. The molecule has 0 saturated carbocycles. The second-order valence-corrected chi connectivity index (χ2v) is 6.71. The smallest absolute Gasteiger partial charge is 0.0753 e. The van der Waals surface area contributed by atoms with Crippen molar-refractivity contribution in [3.8, 4) is 0 Å². The zero-order valence-electron chi connectivity index (χ0n) is 12.9. The van der Waals surface area contributed by atoms with E-state index in [2.05, 4.69) is 18.9 Å². The summed E-state index contributed by atoms with van der Waals surface area (Å²) in [6.07, 6.45) is 4.07. The van der Waals surface area contributed by atoms with E-state index in [9.17, 15) is 4.21 Å². The van der Waals surface area contributed by atoms with Crippen LogP contribution >= 0.6 is 0 Å². The van der Waals surface area contributed by atoms with Crippen LogP contribution in [0.1, 0.15) is 44.0 Å². The topological polar surface area (TPSA) is 60.9 Å². The van der Waals surface area contributed by atoms with Gasteiger partial charge in [0.2, 0.25) is 0 Å². The van der Waals surface area contributed by atoms with E-state index in [4.69, 9.17) is 5.73 Å². The number of hydrogen-bond acceptors (Lipinski definition) is 3. The van der Waals surface area contributed by atoms with E-state index in [1.807, 2.05) is 42.1 Å². The summed E-state index contributed by atoms with van der Waals surface area (Å²) < 4.78 is 14.5. The summed E-state index contributed by atoms with van der Waals surface area (Å²) in [6.45, 7) is 6.28. The number of nitrogens with two attached hydrogens (primary N) is 1. The molecule has 1 atom stereocenters. The number of nitrogens with zero attached hydrogens (tertiary/aromatic N) is 2. The molecule has 0 fully saturated rings. The predicted octanol–water partition coefficient (Wildman–Crippen LogP) is 3.44. The molecule has 2 N–H and O–H groups in total. The van der Waals surface area contributed by atoms with Crippen LogP contribution in [0.15, 0.2) is 35.4 Å². The Morgan fingerprint density at radius 1 is 1.29 bits per heavy atom. The summed E-state index contributed by atoms with van der Waals surface area (Å²) in [5.74, 6) is 0.404. The zero-order chi connectivity index (χ0) is 15.4. The van der Waals surface area contributed by atoms with Crippen molar-refractivity contribution in [1.82, 2.24) is 9.78 Å². The van der Waals surface area contributed by atoms with Crippen LogP contribution in [-0.4, -0.2) is 14.0 Å². The van der Waals surface area contributed by atoms with Crippen molar-refractivity contribution >= 4 is 16.5 Å². The molecule has 21 heavy (non-hydrogen) atoms. The van der Waals surface area contributed by atoms with Gasteiger partial charge in [-0.25, -0.2) is 0 Å². The SMILES string of the molecule is CCC(CC)n1ccc(CS(=O)c2cc(C)ccc2N)n1. The standard InChI is InChI=1S/C16H23N3OS/c1-4-14(5-2)19-9-8-13(18-19)11-21(20)16-10-12(3)6-7-15(16)17/h6-10,14H,4-5,11,17H2,1-3H3. The maximum Gasteiger partial charge on any atom is 0.0753 e. The first-order valence-electron chi connectivity index (χ1n) is 7.33. The van der Waals surface area contributed by atoms with Gasteiger partial charge in [-0.15, -0.1) is 0 Å². The number of nitrogen functional groups attached to an aromatic ring is 1. The lowest BCUT2D eigenvalue weighted by Crippen LogP contribution is -2.08. The van der Waals surface area contributed by atoms with Crippen LogP contribution < -0.4 is 5.73 Å². The molecule has 1 unspecified atom stereocenters. The maximum atomic E-state index is 12.5. The van der Waals surface area contributed by atoms with Crippen LogP contribution in [0.25, 0.3) is 0 Å². The Kier molecular flexibility index (Phi) is 5.17. The van der Waals surface area contributed by atoms with E-state index in [1.54, 1.807) is 0 Å². The minimum atomic E-state index is -1.16. The number of aryl methyl sites for hydroxylation is 1. The van der Waals surface area contributed by atoms with E-state index in [0.29, 0.717) is 22.4 Å². The van der Waals surface area contributed by atoms with Crippen LogP contribution in [0, 0.1) is 6.92 Å². The molecule has 0 aliphatic rings. The van der Waals surface area contributed by atoms with Crippen molar-refractivity contribution in [1.29, 1.82) is 0 Å². The van der Waals surface area contributed by atoms with Crippen molar-refractivity contribution in [2.75, 3.05) is 5.73 Å². The molecule has 0 bridgehead atoms. The van der Waals surface area contributed by atoms with Gasteiger partial charge in [-0.2, -0.15) is 5.10 Å². The van der Waals surface area contributed by atoms with Crippen LogP contribution in [0.2, 0.25) is 0 Å². The van der Waals surface area contributed by atoms with Gasteiger partial charge in [0.25, 0.3) is 0 Å². The van der Waals surface area contributed by atoms with Crippen molar-refractivity contribution < 1.29 is 4.21 Å². The third-order valence-electron chi connectivity index (χ3n) is 3.67. The number of rotatable bonds is 6. The highest BCUT2D eigenvalue weighted by atomic mass is 32.2.